The van der Waals surface area contributed by atoms with E-state index in [4.69, 9.17) is 5.26 Å². The Labute approximate surface area is 85.6 Å². The maximum absolute atomic E-state index is 8.81. The van der Waals surface area contributed by atoms with E-state index >= 15 is 0 Å². The summed E-state index contributed by atoms with van der Waals surface area (Å²) in [6.07, 6.45) is 0.860. The van der Waals surface area contributed by atoms with Crippen molar-refractivity contribution >= 4 is 5.69 Å². The molecule has 0 saturated heterocycles. The predicted octanol–water partition coefficient (Wildman–Crippen LogP) is 3.04. The van der Waals surface area contributed by atoms with Gasteiger partial charge in [-0.3, -0.25) is 0 Å². The Balaban J connectivity index is 2.34. The molecule has 0 atom stereocenters. The molecule has 1 rings (SSSR count). The molecule has 0 aromatic heterocycles. The molecule has 0 aliphatic rings. The van der Waals surface area contributed by atoms with Crippen LogP contribution in [0.2, 0.25) is 0 Å². The molecule has 0 saturated carbocycles. The number of benzene rings is 1. The molecule has 2 nitrogen and oxygen atoms in total. The van der Waals surface area contributed by atoms with Crippen molar-refractivity contribution in [3.63, 3.8) is 0 Å². The lowest BCUT2D eigenvalue weighted by atomic mass is 9.91. The van der Waals surface area contributed by atoms with Crippen LogP contribution in [-0.4, -0.2) is 6.54 Å². The van der Waals surface area contributed by atoms with Crippen molar-refractivity contribution in [3.05, 3.63) is 30.3 Å². The molecule has 74 valence electrons. The Hall–Kier alpha value is -1.49. The zero-order valence-electron chi connectivity index (χ0n) is 8.75. The van der Waals surface area contributed by atoms with Crippen LogP contribution in [0.15, 0.2) is 30.3 Å². The van der Waals surface area contributed by atoms with Crippen LogP contribution < -0.4 is 5.32 Å². The van der Waals surface area contributed by atoms with Crippen LogP contribution in [0.1, 0.15) is 20.3 Å². The largest absolute Gasteiger partial charge is 0.385 e. The first kappa shape index (κ1) is 10.6. The van der Waals surface area contributed by atoms with Gasteiger partial charge in [-0.2, -0.15) is 5.26 Å². The molecule has 14 heavy (non-hydrogen) atoms. The Morgan fingerprint density at radius 3 is 2.50 bits per heavy atom. The Bertz CT molecular complexity index is 309. The fraction of sp³-hybridized carbons (Fsp3) is 0.417. The van der Waals surface area contributed by atoms with Crippen LogP contribution in [0.4, 0.5) is 5.69 Å². The first-order valence-corrected chi connectivity index (χ1v) is 4.84. The highest BCUT2D eigenvalue weighted by Gasteiger charge is 2.15. The van der Waals surface area contributed by atoms with E-state index in [1.807, 2.05) is 44.2 Å². The molecule has 2 heteroatoms. The summed E-state index contributed by atoms with van der Waals surface area (Å²) in [4.78, 5) is 0. The standard InChI is InChI=1S/C12H16N2/c1-12(2,10-13)8-9-14-11-6-4-3-5-7-11/h3-7,14H,8-9H2,1-2H3. The smallest absolute Gasteiger partial charge is 0.0684 e. The van der Waals surface area contributed by atoms with Gasteiger partial charge in [-0.1, -0.05) is 18.2 Å². The van der Waals surface area contributed by atoms with Gasteiger partial charge in [0.2, 0.25) is 0 Å². The molecule has 0 aliphatic carbocycles. The van der Waals surface area contributed by atoms with Gasteiger partial charge in [0.15, 0.2) is 0 Å². The molecule has 0 fully saturated rings. The van der Waals surface area contributed by atoms with Gasteiger partial charge in [-0.15, -0.1) is 0 Å². The molecule has 0 heterocycles. The van der Waals surface area contributed by atoms with E-state index in [9.17, 15) is 0 Å². The molecule has 1 aromatic rings. The summed E-state index contributed by atoms with van der Waals surface area (Å²) in [5, 5.41) is 12.1. The molecule has 0 aliphatic heterocycles. The van der Waals surface area contributed by atoms with Crippen LogP contribution in [-0.2, 0) is 0 Å². The van der Waals surface area contributed by atoms with Gasteiger partial charge in [0.05, 0.1) is 11.5 Å². The number of nitrogens with one attached hydrogen (secondary N) is 1. The zero-order valence-corrected chi connectivity index (χ0v) is 8.75. The number of nitrogens with zero attached hydrogens (tertiary/aromatic N) is 1. The molecule has 0 unspecified atom stereocenters. The lowest BCUT2D eigenvalue weighted by Crippen LogP contribution is -2.14. The van der Waals surface area contributed by atoms with Gasteiger partial charge < -0.3 is 5.32 Å². The van der Waals surface area contributed by atoms with E-state index in [0.717, 1.165) is 18.7 Å². The molecular weight excluding hydrogens is 172 g/mol. The fourth-order valence-corrected chi connectivity index (χ4v) is 1.13. The van der Waals surface area contributed by atoms with Gasteiger partial charge >= 0.3 is 0 Å². The van der Waals surface area contributed by atoms with Crippen LogP contribution in [0.25, 0.3) is 0 Å². The lowest BCUT2D eigenvalue weighted by Gasteiger charge is -2.15. The Morgan fingerprint density at radius 1 is 1.29 bits per heavy atom. The summed E-state index contributed by atoms with van der Waals surface area (Å²) >= 11 is 0. The van der Waals surface area contributed by atoms with Crippen molar-refractivity contribution in [1.29, 1.82) is 5.26 Å². The minimum Gasteiger partial charge on any atom is -0.385 e. The van der Waals surface area contributed by atoms with Crippen molar-refractivity contribution in [3.8, 4) is 6.07 Å². The SMILES string of the molecule is CC(C)(C#N)CCNc1ccccc1. The highest BCUT2D eigenvalue weighted by molar-refractivity contribution is 5.42. The normalized spacial score (nSPS) is 10.6. The van der Waals surface area contributed by atoms with Crippen molar-refractivity contribution in [1.82, 2.24) is 0 Å². The lowest BCUT2D eigenvalue weighted by molar-refractivity contribution is 0.466. The Kier molecular flexibility index (Phi) is 3.53. The fourth-order valence-electron chi connectivity index (χ4n) is 1.13. The van der Waals surface area contributed by atoms with E-state index in [2.05, 4.69) is 11.4 Å². The van der Waals surface area contributed by atoms with E-state index in [1.165, 1.54) is 0 Å². The molecular formula is C12H16N2. The van der Waals surface area contributed by atoms with Gasteiger partial charge in [-0.05, 0) is 32.4 Å². The van der Waals surface area contributed by atoms with Crippen molar-refractivity contribution < 1.29 is 0 Å². The minimum absolute atomic E-state index is 0.234. The third-order valence-electron chi connectivity index (χ3n) is 2.16. The summed E-state index contributed by atoms with van der Waals surface area (Å²) in [5.41, 5.74) is 0.878. The Morgan fingerprint density at radius 2 is 1.93 bits per heavy atom. The molecule has 0 amide bonds. The van der Waals surface area contributed by atoms with Gasteiger partial charge in [0.1, 0.15) is 0 Å². The third-order valence-corrected chi connectivity index (χ3v) is 2.16. The highest BCUT2D eigenvalue weighted by Crippen LogP contribution is 2.18. The number of hydrogen-bond acceptors (Lipinski definition) is 2. The second-order valence-electron chi connectivity index (χ2n) is 4.04. The predicted molar refractivity (Wildman–Crippen MR) is 58.9 cm³/mol. The van der Waals surface area contributed by atoms with Crippen LogP contribution in [0.5, 0.6) is 0 Å². The van der Waals surface area contributed by atoms with E-state index < -0.39 is 0 Å². The van der Waals surface area contributed by atoms with Crippen molar-refractivity contribution in [2.45, 2.75) is 20.3 Å². The average molecular weight is 188 g/mol. The summed E-state index contributed by atoms with van der Waals surface area (Å²) < 4.78 is 0. The molecule has 0 spiro atoms. The monoisotopic (exact) mass is 188 g/mol. The second-order valence-corrected chi connectivity index (χ2v) is 4.04. The van der Waals surface area contributed by atoms with Gasteiger partial charge in [0, 0.05) is 12.2 Å². The number of anilines is 1. The number of hydrogen-bond donors (Lipinski definition) is 1. The molecule has 0 bridgehead atoms. The summed E-state index contributed by atoms with van der Waals surface area (Å²) in [7, 11) is 0. The third kappa shape index (κ3) is 3.49. The van der Waals surface area contributed by atoms with Crippen LogP contribution in [0.3, 0.4) is 0 Å². The van der Waals surface area contributed by atoms with E-state index in [-0.39, 0.29) is 5.41 Å². The molecule has 1 N–H and O–H groups in total. The number of rotatable bonds is 4. The zero-order chi connectivity index (χ0) is 10.4. The molecule has 1 aromatic carbocycles. The van der Waals surface area contributed by atoms with Crippen molar-refractivity contribution in [2.24, 2.45) is 5.41 Å². The minimum atomic E-state index is -0.234. The first-order chi connectivity index (χ1) is 6.64. The van der Waals surface area contributed by atoms with E-state index in [1.54, 1.807) is 0 Å². The maximum Gasteiger partial charge on any atom is 0.0684 e. The second kappa shape index (κ2) is 4.66. The average Bonchev–Trinajstić information content (AvgIpc) is 2.19. The molecule has 0 radical (unpaired) electrons. The van der Waals surface area contributed by atoms with Gasteiger partial charge in [0.25, 0.3) is 0 Å². The maximum atomic E-state index is 8.81. The highest BCUT2D eigenvalue weighted by atomic mass is 14.9. The first-order valence-electron chi connectivity index (χ1n) is 4.84. The summed E-state index contributed by atoms with van der Waals surface area (Å²) in [6.45, 7) is 4.75. The van der Waals surface area contributed by atoms with Crippen LogP contribution >= 0.6 is 0 Å². The summed E-state index contributed by atoms with van der Waals surface area (Å²) in [5.74, 6) is 0. The number of para-hydroxylation sites is 1. The van der Waals surface area contributed by atoms with Gasteiger partial charge in [-0.25, -0.2) is 0 Å². The number of nitriles is 1. The quantitative estimate of drug-likeness (QED) is 0.788. The van der Waals surface area contributed by atoms with Crippen LogP contribution in [0, 0.1) is 16.7 Å². The topological polar surface area (TPSA) is 35.8 Å². The van der Waals surface area contributed by atoms with Crippen molar-refractivity contribution in [2.75, 3.05) is 11.9 Å². The van der Waals surface area contributed by atoms with E-state index in [0.29, 0.717) is 0 Å². The summed E-state index contributed by atoms with van der Waals surface area (Å²) in [6, 6.07) is 12.3.